The molecular weight excluding hydrogens is 476 g/mol. The van der Waals surface area contributed by atoms with Crippen molar-refractivity contribution in [1.29, 1.82) is 0 Å². The Balaban J connectivity index is 1.30. The first-order valence-corrected chi connectivity index (χ1v) is 11.5. The number of nitrogens with one attached hydrogen (secondary N) is 2. The van der Waals surface area contributed by atoms with Gasteiger partial charge in [-0.3, -0.25) is 0 Å². The first-order chi connectivity index (χ1) is 18.0. The van der Waals surface area contributed by atoms with E-state index in [1.807, 2.05) is 67.6 Å². The summed E-state index contributed by atoms with van der Waals surface area (Å²) in [6.07, 6.45) is 0.895. The SMILES string of the molecule is Cc1cc(Nc2nccc(C(F)F)n2)cc(-c2n[nH]nc2Cc2ccc(OCc3ccccc3)nc2)c1. The quantitative estimate of drug-likeness (QED) is 0.264. The average Bonchev–Trinajstić information content (AvgIpc) is 3.37. The van der Waals surface area contributed by atoms with Crippen molar-refractivity contribution in [1.82, 2.24) is 30.4 Å². The number of halogens is 2. The van der Waals surface area contributed by atoms with Gasteiger partial charge in [-0.25, -0.2) is 23.7 Å². The van der Waals surface area contributed by atoms with Crippen molar-refractivity contribution >= 4 is 11.6 Å². The molecule has 0 aliphatic carbocycles. The lowest BCUT2D eigenvalue weighted by molar-refractivity contribution is 0.146. The standard InChI is InChI=1S/C27H23F2N7O/c1-17-11-20(14-21(12-17)32-27-30-10-9-22(33-27)26(28)29)25-23(34-36-35-25)13-19-7-8-24(31-15-19)37-16-18-5-3-2-4-6-18/h2-12,14-15,26H,13,16H2,1H3,(H,30,32,33)(H,34,35,36). The first-order valence-electron chi connectivity index (χ1n) is 11.5. The normalized spacial score (nSPS) is 11.0. The molecule has 3 heterocycles. The summed E-state index contributed by atoms with van der Waals surface area (Å²) in [5, 5.41) is 14.4. The lowest BCUT2D eigenvalue weighted by atomic mass is 10.0. The second-order valence-corrected chi connectivity index (χ2v) is 8.39. The Labute approximate surface area is 211 Å². The van der Waals surface area contributed by atoms with Crippen LogP contribution in [-0.4, -0.2) is 30.4 Å². The smallest absolute Gasteiger partial charge is 0.280 e. The van der Waals surface area contributed by atoms with E-state index in [4.69, 9.17) is 4.74 Å². The number of benzene rings is 2. The third-order valence-corrected chi connectivity index (χ3v) is 5.53. The van der Waals surface area contributed by atoms with E-state index in [-0.39, 0.29) is 11.6 Å². The van der Waals surface area contributed by atoms with E-state index in [2.05, 4.69) is 35.7 Å². The number of aromatic nitrogens is 6. The summed E-state index contributed by atoms with van der Waals surface area (Å²) in [5.41, 5.74) is 5.51. The van der Waals surface area contributed by atoms with E-state index >= 15 is 0 Å². The average molecular weight is 500 g/mol. The molecule has 0 radical (unpaired) electrons. The Hall–Kier alpha value is -4.73. The lowest BCUT2D eigenvalue weighted by Crippen LogP contribution is -2.01. The molecule has 3 aromatic heterocycles. The van der Waals surface area contributed by atoms with Gasteiger partial charge >= 0.3 is 0 Å². The molecule has 5 rings (SSSR count). The Kier molecular flexibility index (Phi) is 7.07. The van der Waals surface area contributed by atoms with E-state index in [0.29, 0.717) is 30.3 Å². The van der Waals surface area contributed by atoms with Gasteiger partial charge in [-0.2, -0.15) is 15.4 Å². The summed E-state index contributed by atoms with van der Waals surface area (Å²) in [7, 11) is 0. The summed E-state index contributed by atoms with van der Waals surface area (Å²) in [5.74, 6) is 0.635. The minimum Gasteiger partial charge on any atom is -0.473 e. The fourth-order valence-electron chi connectivity index (χ4n) is 3.81. The molecule has 37 heavy (non-hydrogen) atoms. The highest BCUT2D eigenvalue weighted by molar-refractivity contribution is 5.70. The Bertz CT molecular complexity index is 1470. The summed E-state index contributed by atoms with van der Waals surface area (Å²) in [6.45, 7) is 2.38. The molecule has 8 nitrogen and oxygen atoms in total. The molecular formula is C27H23F2N7O. The minimum absolute atomic E-state index is 0.0929. The van der Waals surface area contributed by atoms with Crippen molar-refractivity contribution in [2.24, 2.45) is 0 Å². The fraction of sp³-hybridized carbons (Fsp3) is 0.148. The molecule has 10 heteroatoms. The maximum Gasteiger partial charge on any atom is 0.280 e. The van der Waals surface area contributed by atoms with E-state index in [0.717, 1.165) is 27.9 Å². The Morgan fingerprint density at radius 2 is 1.81 bits per heavy atom. The predicted molar refractivity (Wildman–Crippen MR) is 135 cm³/mol. The topological polar surface area (TPSA) is 102 Å². The third-order valence-electron chi connectivity index (χ3n) is 5.53. The summed E-state index contributed by atoms with van der Waals surface area (Å²) in [4.78, 5) is 12.3. The monoisotopic (exact) mass is 499 g/mol. The zero-order valence-corrected chi connectivity index (χ0v) is 19.9. The molecule has 186 valence electrons. The van der Waals surface area contributed by atoms with Crippen molar-refractivity contribution in [3.05, 3.63) is 107 Å². The number of aromatic amines is 1. The number of H-pyrrole nitrogens is 1. The number of alkyl halides is 2. The lowest BCUT2D eigenvalue weighted by Gasteiger charge is -2.10. The zero-order chi connectivity index (χ0) is 25.6. The van der Waals surface area contributed by atoms with Gasteiger partial charge in [-0.1, -0.05) is 36.4 Å². The molecule has 0 unspecified atom stereocenters. The highest BCUT2D eigenvalue weighted by Crippen LogP contribution is 2.28. The molecule has 0 aliphatic heterocycles. The number of hydrogen-bond acceptors (Lipinski definition) is 7. The summed E-state index contributed by atoms with van der Waals surface area (Å²) in [6, 6.07) is 20.6. The van der Waals surface area contributed by atoms with Gasteiger partial charge in [0.15, 0.2) is 0 Å². The molecule has 0 saturated carbocycles. The van der Waals surface area contributed by atoms with Crippen molar-refractivity contribution in [3.8, 4) is 17.1 Å². The number of pyridine rings is 1. The van der Waals surface area contributed by atoms with Crippen LogP contribution in [0.15, 0.2) is 79.1 Å². The molecule has 0 saturated heterocycles. The van der Waals surface area contributed by atoms with E-state index in [1.165, 1.54) is 12.3 Å². The molecule has 0 aliphatic rings. The van der Waals surface area contributed by atoms with Gasteiger partial charge < -0.3 is 10.1 Å². The zero-order valence-electron chi connectivity index (χ0n) is 19.9. The number of rotatable bonds is 9. The fourth-order valence-corrected chi connectivity index (χ4v) is 3.81. The van der Waals surface area contributed by atoms with Crippen LogP contribution in [0.2, 0.25) is 0 Å². The van der Waals surface area contributed by atoms with Crippen LogP contribution in [0.1, 0.15) is 34.5 Å². The number of anilines is 2. The minimum atomic E-state index is -2.67. The first kappa shape index (κ1) is 24.0. The second-order valence-electron chi connectivity index (χ2n) is 8.39. The molecule has 2 aromatic carbocycles. The second kappa shape index (κ2) is 10.9. The molecule has 0 bridgehead atoms. The highest BCUT2D eigenvalue weighted by Gasteiger charge is 2.14. The van der Waals surface area contributed by atoms with Crippen LogP contribution >= 0.6 is 0 Å². The van der Waals surface area contributed by atoms with Crippen LogP contribution in [-0.2, 0) is 13.0 Å². The Morgan fingerprint density at radius 1 is 0.946 bits per heavy atom. The van der Waals surface area contributed by atoms with Crippen LogP contribution in [0.5, 0.6) is 5.88 Å². The van der Waals surface area contributed by atoms with Crippen LogP contribution in [0.3, 0.4) is 0 Å². The number of hydrogen-bond donors (Lipinski definition) is 2. The van der Waals surface area contributed by atoms with E-state index < -0.39 is 6.43 Å². The van der Waals surface area contributed by atoms with Crippen molar-refractivity contribution in [3.63, 3.8) is 0 Å². The van der Waals surface area contributed by atoms with Crippen LogP contribution in [0.25, 0.3) is 11.3 Å². The third kappa shape index (κ3) is 6.10. The molecule has 0 fully saturated rings. The molecule has 0 atom stereocenters. The molecule has 0 amide bonds. The Morgan fingerprint density at radius 3 is 2.59 bits per heavy atom. The van der Waals surface area contributed by atoms with Crippen molar-refractivity contribution in [2.45, 2.75) is 26.4 Å². The van der Waals surface area contributed by atoms with Gasteiger partial charge in [0.2, 0.25) is 11.8 Å². The summed E-state index contributed by atoms with van der Waals surface area (Å²) < 4.78 is 31.8. The maximum absolute atomic E-state index is 13.0. The number of aryl methyl sites for hydroxylation is 1. The summed E-state index contributed by atoms with van der Waals surface area (Å²) >= 11 is 0. The molecule has 0 spiro atoms. The van der Waals surface area contributed by atoms with Crippen molar-refractivity contribution in [2.75, 3.05) is 5.32 Å². The van der Waals surface area contributed by atoms with Gasteiger partial charge in [-0.15, -0.1) is 0 Å². The molecule has 5 aromatic rings. The van der Waals surface area contributed by atoms with Gasteiger partial charge in [0, 0.05) is 36.1 Å². The van der Waals surface area contributed by atoms with Gasteiger partial charge in [0.25, 0.3) is 6.43 Å². The van der Waals surface area contributed by atoms with Crippen LogP contribution in [0, 0.1) is 6.92 Å². The number of ether oxygens (including phenoxy) is 1. The predicted octanol–water partition coefficient (Wildman–Crippen LogP) is 5.82. The van der Waals surface area contributed by atoms with E-state index in [9.17, 15) is 8.78 Å². The van der Waals surface area contributed by atoms with Gasteiger partial charge in [-0.05, 0) is 47.9 Å². The van der Waals surface area contributed by atoms with Gasteiger partial charge in [0.1, 0.15) is 18.0 Å². The molecule has 2 N–H and O–H groups in total. The largest absolute Gasteiger partial charge is 0.473 e. The van der Waals surface area contributed by atoms with Crippen LogP contribution in [0.4, 0.5) is 20.4 Å². The van der Waals surface area contributed by atoms with Crippen LogP contribution < -0.4 is 10.1 Å². The van der Waals surface area contributed by atoms with Gasteiger partial charge in [0.05, 0.1) is 5.69 Å². The maximum atomic E-state index is 13.0. The van der Waals surface area contributed by atoms with Crippen molar-refractivity contribution < 1.29 is 13.5 Å². The number of nitrogens with zero attached hydrogens (tertiary/aromatic N) is 5. The van der Waals surface area contributed by atoms with E-state index in [1.54, 1.807) is 6.20 Å². The highest BCUT2D eigenvalue weighted by atomic mass is 19.3.